The molecule has 8 heteroatoms. The fraction of sp³-hybridized carbons (Fsp3) is 0.167. The summed E-state index contributed by atoms with van der Waals surface area (Å²) in [5.41, 5.74) is 0.781. The molecule has 1 N–H and O–H groups in total. The fourth-order valence-electron chi connectivity index (χ4n) is 2.07. The number of esters is 1. The molecule has 0 radical (unpaired) electrons. The van der Waals surface area contributed by atoms with Crippen molar-refractivity contribution >= 4 is 11.9 Å². The predicted octanol–water partition coefficient (Wildman–Crippen LogP) is 2.63. The minimum Gasteiger partial charge on any atom is -0.459 e. The summed E-state index contributed by atoms with van der Waals surface area (Å²) >= 11 is 0. The topological polar surface area (TPSA) is 88.4 Å². The van der Waals surface area contributed by atoms with Gasteiger partial charge in [0, 0.05) is 5.56 Å². The maximum atomic E-state index is 12.4. The van der Waals surface area contributed by atoms with Crippen molar-refractivity contribution < 1.29 is 27.8 Å². The number of carbonyl (C=O) groups is 2. The first-order valence-electron chi connectivity index (χ1n) is 7.47. The summed E-state index contributed by atoms with van der Waals surface area (Å²) in [4.78, 5) is 23.8. The number of carbonyl (C=O) groups excluding carboxylic acids is 2. The number of hydrogen-bond acceptors (Lipinski definition) is 5. The van der Waals surface area contributed by atoms with Crippen LogP contribution in [0.5, 0.6) is 5.75 Å². The molecule has 0 aliphatic carbocycles. The van der Waals surface area contributed by atoms with Gasteiger partial charge < -0.3 is 14.8 Å². The summed E-state index contributed by atoms with van der Waals surface area (Å²) < 4.78 is 34.0. The van der Waals surface area contributed by atoms with E-state index in [9.17, 15) is 18.4 Å². The van der Waals surface area contributed by atoms with Crippen molar-refractivity contribution in [1.29, 1.82) is 5.26 Å². The third-order valence-corrected chi connectivity index (χ3v) is 3.27. The average molecular weight is 360 g/mol. The lowest BCUT2D eigenvalue weighted by molar-refractivity contribution is -0.143. The van der Waals surface area contributed by atoms with Gasteiger partial charge >= 0.3 is 12.6 Å². The SMILES string of the molecule is N#Cc1ccccc1COC(=O)CNC(=O)c1ccccc1OC(F)F. The van der Waals surface area contributed by atoms with Crippen molar-refractivity contribution in [3.8, 4) is 11.8 Å². The highest BCUT2D eigenvalue weighted by Crippen LogP contribution is 2.20. The molecular weight excluding hydrogens is 346 g/mol. The zero-order valence-electron chi connectivity index (χ0n) is 13.4. The Morgan fingerprint density at radius 1 is 1.12 bits per heavy atom. The number of ether oxygens (including phenoxy) is 2. The molecule has 0 aliphatic heterocycles. The Labute approximate surface area is 148 Å². The van der Waals surface area contributed by atoms with E-state index >= 15 is 0 Å². The maximum absolute atomic E-state index is 12.4. The van der Waals surface area contributed by atoms with Crippen molar-refractivity contribution in [2.45, 2.75) is 13.2 Å². The molecule has 2 aromatic carbocycles. The first kappa shape index (κ1) is 18.9. The summed E-state index contributed by atoms with van der Waals surface area (Å²) in [7, 11) is 0. The number of benzene rings is 2. The van der Waals surface area contributed by atoms with Crippen molar-refractivity contribution in [3.05, 3.63) is 65.2 Å². The van der Waals surface area contributed by atoms with E-state index in [0.717, 1.165) is 0 Å². The molecule has 26 heavy (non-hydrogen) atoms. The van der Waals surface area contributed by atoms with E-state index < -0.39 is 25.0 Å². The molecule has 0 bridgehead atoms. The molecule has 0 fully saturated rings. The number of nitrogens with zero attached hydrogens (tertiary/aromatic N) is 1. The molecule has 0 spiro atoms. The highest BCUT2D eigenvalue weighted by Gasteiger charge is 2.16. The summed E-state index contributed by atoms with van der Waals surface area (Å²) in [6, 6.07) is 14.0. The molecule has 0 saturated carbocycles. The molecule has 0 unspecified atom stereocenters. The largest absolute Gasteiger partial charge is 0.459 e. The second kappa shape index (κ2) is 9.13. The molecule has 2 aromatic rings. The van der Waals surface area contributed by atoms with Crippen LogP contribution in [0.2, 0.25) is 0 Å². The van der Waals surface area contributed by atoms with Gasteiger partial charge in [0.2, 0.25) is 0 Å². The van der Waals surface area contributed by atoms with Gasteiger partial charge in [0.1, 0.15) is 18.9 Å². The standard InChI is InChI=1S/C18H14F2N2O4/c19-18(20)26-15-8-4-3-7-14(15)17(24)22-10-16(23)25-11-13-6-2-1-5-12(13)9-21/h1-8,18H,10-11H2,(H,22,24). The van der Waals surface area contributed by atoms with E-state index in [2.05, 4.69) is 10.1 Å². The summed E-state index contributed by atoms with van der Waals surface area (Å²) in [6.45, 7) is -3.66. The number of alkyl halides is 2. The summed E-state index contributed by atoms with van der Waals surface area (Å²) in [6.07, 6.45) is 0. The van der Waals surface area contributed by atoms with Gasteiger partial charge in [0.25, 0.3) is 5.91 Å². The zero-order chi connectivity index (χ0) is 18.9. The van der Waals surface area contributed by atoms with E-state index in [0.29, 0.717) is 11.1 Å². The van der Waals surface area contributed by atoms with E-state index in [1.807, 2.05) is 6.07 Å². The fourth-order valence-corrected chi connectivity index (χ4v) is 2.07. The van der Waals surface area contributed by atoms with Crippen LogP contribution in [0.15, 0.2) is 48.5 Å². The minimum atomic E-state index is -3.07. The lowest BCUT2D eigenvalue weighted by Gasteiger charge is -2.11. The van der Waals surface area contributed by atoms with Crippen LogP contribution < -0.4 is 10.1 Å². The second-order valence-electron chi connectivity index (χ2n) is 4.99. The number of nitrogens with one attached hydrogen (secondary N) is 1. The van der Waals surface area contributed by atoms with Gasteiger partial charge in [-0.1, -0.05) is 30.3 Å². The monoisotopic (exact) mass is 360 g/mol. The molecule has 0 aromatic heterocycles. The summed E-state index contributed by atoms with van der Waals surface area (Å²) in [5, 5.41) is 11.2. The number of para-hydroxylation sites is 1. The molecule has 0 saturated heterocycles. The maximum Gasteiger partial charge on any atom is 0.387 e. The Kier molecular flexibility index (Phi) is 6.62. The van der Waals surface area contributed by atoms with Crippen LogP contribution in [0.3, 0.4) is 0 Å². The average Bonchev–Trinajstić information content (AvgIpc) is 2.64. The lowest BCUT2D eigenvalue weighted by atomic mass is 10.1. The molecule has 6 nitrogen and oxygen atoms in total. The first-order valence-corrected chi connectivity index (χ1v) is 7.47. The number of amides is 1. The van der Waals surface area contributed by atoms with Crippen molar-refractivity contribution in [3.63, 3.8) is 0 Å². The lowest BCUT2D eigenvalue weighted by Crippen LogP contribution is -2.31. The number of nitriles is 1. The Morgan fingerprint density at radius 3 is 2.54 bits per heavy atom. The van der Waals surface area contributed by atoms with E-state index in [1.54, 1.807) is 24.3 Å². The number of hydrogen-bond donors (Lipinski definition) is 1. The van der Waals surface area contributed by atoms with Gasteiger partial charge in [0.15, 0.2) is 0 Å². The summed E-state index contributed by atoms with van der Waals surface area (Å²) in [5.74, 6) is -1.79. The highest BCUT2D eigenvalue weighted by molar-refractivity contribution is 5.98. The Balaban J connectivity index is 1.90. The van der Waals surface area contributed by atoms with Crippen LogP contribution in [0.4, 0.5) is 8.78 Å². The molecule has 0 atom stereocenters. The molecule has 0 heterocycles. The third kappa shape index (κ3) is 5.27. The normalized spacial score (nSPS) is 10.1. The molecule has 1 amide bonds. The van der Waals surface area contributed by atoms with Crippen LogP contribution in [-0.4, -0.2) is 25.0 Å². The van der Waals surface area contributed by atoms with Crippen molar-refractivity contribution in [1.82, 2.24) is 5.32 Å². The van der Waals surface area contributed by atoms with E-state index in [1.165, 1.54) is 24.3 Å². The van der Waals surface area contributed by atoms with Gasteiger partial charge in [-0.05, 0) is 18.2 Å². The van der Waals surface area contributed by atoms with Gasteiger partial charge in [-0.15, -0.1) is 0 Å². The first-order chi connectivity index (χ1) is 12.5. The number of halogens is 2. The Morgan fingerprint density at radius 2 is 1.81 bits per heavy atom. The molecule has 134 valence electrons. The van der Waals surface area contributed by atoms with Crippen molar-refractivity contribution in [2.24, 2.45) is 0 Å². The molecule has 2 rings (SSSR count). The smallest absolute Gasteiger partial charge is 0.387 e. The van der Waals surface area contributed by atoms with Crippen LogP contribution in [0, 0.1) is 11.3 Å². The third-order valence-electron chi connectivity index (χ3n) is 3.27. The van der Waals surface area contributed by atoms with Crippen LogP contribution >= 0.6 is 0 Å². The number of rotatable bonds is 7. The quantitative estimate of drug-likeness (QED) is 0.767. The van der Waals surface area contributed by atoms with Gasteiger partial charge in [0.05, 0.1) is 17.2 Å². The van der Waals surface area contributed by atoms with E-state index in [-0.39, 0.29) is 17.9 Å². The zero-order valence-corrected chi connectivity index (χ0v) is 13.4. The molecule has 0 aliphatic rings. The van der Waals surface area contributed by atoms with Crippen LogP contribution in [0.1, 0.15) is 21.5 Å². The van der Waals surface area contributed by atoms with Gasteiger partial charge in [-0.25, -0.2) is 0 Å². The Bertz CT molecular complexity index is 834. The molecular formula is C18H14F2N2O4. The minimum absolute atomic E-state index is 0.122. The van der Waals surface area contributed by atoms with Crippen molar-refractivity contribution in [2.75, 3.05) is 6.54 Å². The van der Waals surface area contributed by atoms with Gasteiger partial charge in [-0.3, -0.25) is 9.59 Å². The predicted molar refractivity (Wildman–Crippen MR) is 86.4 cm³/mol. The Hall–Kier alpha value is -3.47. The van der Waals surface area contributed by atoms with E-state index in [4.69, 9.17) is 10.00 Å². The van der Waals surface area contributed by atoms with Crippen LogP contribution in [-0.2, 0) is 16.1 Å². The van der Waals surface area contributed by atoms with Gasteiger partial charge in [-0.2, -0.15) is 14.0 Å². The highest BCUT2D eigenvalue weighted by atomic mass is 19.3. The van der Waals surface area contributed by atoms with Crippen LogP contribution in [0.25, 0.3) is 0 Å². The second-order valence-corrected chi connectivity index (χ2v) is 4.99.